The lowest BCUT2D eigenvalue weighted by Crippen LogP contribution is -2.48. The average molecular weight is 407 g/mol. The van der Waals surface area contributed by atoms with Crippen molar-refractivity contribution in [2.45, 2.75) is 56.6 Å². The Morgan fingerprint density at radius 1 is 1.18 bits per heavy atom. The summed E-state index contributed by atoms with van der Waals surface area (Å²) in [5.41, 5.74) is 0.259. The van der Waals surface area contributed by atoms with E-state index in [0.29, 0.717) is 16.9 Å². The second kappa shape index (κ2) is 9.02. The van der Waals surface area contributed by atoms with E-state index < -0.39 is 0 Å². The molecule has 4 rings (SSSR count). The SMILES string of the molecule is O=C(COc1cccc(Cl)c1)N1CCC[C@@]2(CCCN2C[C@H]2CCCO2)CC1. The van der Waals surface area contributed by atoms with Crippen molar-refractivity contribution in [3.8, 4) is 5.75 Å². The van der Waals surface area contributed by atoms with Crippen LogP contribution in [0.4, 0.5) is 0 Å². The van der Waals surface area contributed by atoms with Crippen molar-refractivity contribution in [2.75, 3.05) is 39.4 Å². The van der Waals surface area contributed by atoms with Gasteiger partial charge in [0.05, 0.1) is 6.10 Å². The van der Waals surface area contributed by atoms with E-state index in [2.05, 4.69) is 4.90 Å². The quantitative estimate of drug-likeness (QED) is 0.746. The molecule has 0 saturated carbocycles. The summed E-state index contributed by atoms with van der Waals surface area (Å²) >= 11 is 5.99. The first-order valence-corrected chi connectivity index (χ1v) is 11.1. The number of carbonyl (C=O) groups is 1. The van der Waals surface area contributed by atoms with Crippen molar-refractivity contribution in [3.63, 3.8) is 0 Å². The fourth-order valence-corrected chi connectivity index (χ4v) is 5.28. The molecule has 0 N–H and O–H groups in total. The molecule has 3 saturated heterocycles. The highest BCUT2D eigenvalue weighted by Gasteiger charge is 2.43. The second-order valence-corrected chi connectivity index (χ2v) is 8.83. The van der Waals surface area contributed by atoms with E-state index in [9.17, 15) is 4.79 Å². The van der Waals surface area contributed by atoms with Gasteiger partial charge in [-0.3, -0.25) is 9.69 Å². The Morgan fingerprint density at radius 2 is 2.04 bits per heavy atom. The van der Waals surface area contributed by atoms with E-state index in [4.69, 9.17) is 21.1 Å². The number of likely N-dealkylation sites (tertiary alicyclic amines) is 2. The third-order valence-corrected chi connectivity index (χ3v) is 6.85. The third kappa shape index (κ3) is 4.64. The van der Waals surface area contributed by atoms with Gasteiger partial charge in [0.25, 0.3) is 5.91 Å². The van der Waals surface area contributed by atoms with E-state index in [-0.39, 0.29) is 18.1 Å². The van der Waals surface area contributed by atoms with Gasteiger partial charge in [0.2, 0.25) is 0 Å². The first kappa shape index (κ1) is 20.0. The van der Waals surface area contributed by atoms with Gasteiger partial charge in [0.15, 0.2) is 6.61 Å². The number of hydrogen-bond donors (Lipinski definition) is 0. The predicted molar refractivity (Wildman–Crippen MR) is 110 cm³/mol. The molecule has 3 aliphatic rings. The number of carbonyl (C=O) groups excluding carboxylic acids is 1. The standard InChI is InChI=1S/C22H31ClN2O3/c23-18-5-1-6-19(15-18)28-17-21(26)24-11-3-8-22(10-13-24)9-4-12-25(22)16-20-7-2-14-27-20/h1,5-6,15,20H,2-4,7-14,16-17H2/t20-,22-/m1/s1. The molecule has 1 spiro atoms. The Kier molecular flexibility index (Phi) is 6.44. The molecule has 0 aromatic heterocycles. The van der Waals surface area contributed by atoms with Crippen LogP contribution < -0.4 is 4.74 Å². The summed E-state index contributed by atoms with van der Waals surface area (Å²) < 4.78 is 11.6. The Labute approximate surface area is 172 Å². The first-order chi connectivity index (χ1) is 13.6. The highest BCUT2D eigenvalue weighted by Crippen LogP contribution is 2.39. The van der Waals surface area contributed by atoms with Gasteiger partial charge in [0, 0.05) is 36.8 Å². The van der Waals surface area contributed by atoms with Crippen molar-refractivity contribution in [1.29, 1.82) is 0 Å². The minimum absolute atomic E-state index is 0.0701. The van der Waals surface area contributed by atoms with Crippen molar-refractivity contribution in [2.24, 2.45) is 0 Å². The van der Waals surface area contributed by atoms with Crippen LogP contribution in [0.5, 0.6) is 5.75 Å². The molecule has 1 aromatic rings. The summed E-state index contributed by atoms with van der Waals surface area (Å²) in [6.45, 7) is 4.87. The summed E-state index contributed by atoms with van der Waals surface area (Å²) in [4.78, 5) is 17.4. The molecule has 3 fully saturated rings. The molecule has 0 bridgehead atoms. The fourth-order valence-electron chi connectivity index (χ4n) is 5.10. The number of ether oxygens (including phenoxy) is 2. The fraction of sp³-hybridized carbons (Fsp3) is 0.682. The van der Waals surface area contributed by atoms with E-state index in [1.165, 1.54) is 38.6 Å². The molecule has 154 valence electrons. The Hall–Kier alpha value is -1.30. The molecule has 5 nitrogen and oxygen atoms in total. The normalized spacial score (nSPS) is 28.6. The predicted octanol–water partition coefficient (Wildman–Crippen LogP) is 3.74. The summed E-state index contributed by atoms with van der Waals surface area (Å²) in [6, 6.07) is 7.21. The van der Waals surface area contributed by atoms with E-state index in [0.717, 1.165) is 39.1 Å². The average Bonchev–Trinajstić information content (AvgIpc) is 3.28. The van der Waals surface area contributed by atoms with Crippen LogP contribution in [0, 0.1) is 0 Å². The van der Waals surface area contributed by atoms with Gasteiger partial charge in [-0.05, 0) is 69.7 Å². The van der Waals surface area contributed by atoms with Crippen LogP contribution in [-0.4, -0.2) is 66.7 Å². The van der Waals surface area contributed by atoms with E-state index >= 15 is 0 Å². The van der Waals surface area contributed by atoms with Gasteiger partial charge in [0.1, 0.15) is 5.75 Å². The number of amides is 1. The molecule has 6 heteroatoms. The zero-order valence-electron chi connectivity index (χ0n) is 16.6. The zero-order valence-corrected chi connectivity index (χ0v) is 17.3. The summed E-state index contributed by atoms with van der Waals surface area (Å²) in [6.07, 6.45) is 8.60. The van der Waals surface area contributed by atoms with Gasteiger partial charge in [-0.2, -0.15) is 0 Å². The lowest BCUT2D eigenvalue weighted by atomic mass is 9.87. The van der Waals surface area contributed by atoms with Crippen LogP contribution in [-0.2, 0) is 9.53 Å². The van der Waals surface area contributed by atoms with Gasteiger partial charge < -0.3 is 14.4 Å². The van der Waals surface area contributed by atoms with Gasteiger partial charge in [-0.25, -0.2) is 0 Å². The number of nitrogens with zero attached hydrogens (tertiary/aromatic N) is 2. The molecule has 0 aliphatic carbocycles. The highest BCUT2D eigenvalue weighted by molar-refractivity contribution is 6.30. The molecule has 1 aromatic carbocycles. The van der Waals surface area contributed by atoms with Gasteiger partial charge in [-0.1, -0.05) is 17.7 Å². The summed E-state index contributed by atoms with van der Waals surface area (Å²) in [5, 5.41) is 0.620. The molecule has 3 heterocycles. The monoisotopic (exact) mass is 406 g/mol. The molecule has 3 aliphatic heterocycles. The van der Waals surface area contributed by atoms with E-state index in [1.54, 1.807) is 12.1 Å². The molecule has 2 atom stereocenters. The van der Waals surface area contributed by atoms with E-state index in [1.807, 2.05) is 17.0 Å². The van der Waals surface area contributed by atoms with Crippen LogP contribution in [0.2, 0.25) is 5.02 Å². The third-order valence-electron chi connectivity index (χ3n) is 6.62. The van der Waals surface area contributed by atoms with Crippen molar-refractivity contribution >= 4 is 17.5 Å². The largest absolute Gasteiger partial charge is 0.484 e. The van der Waals surface area contributed by atoms with Gasteiger partial charge in [-0.15, -0.1) is 0 Å². The van der Waals surface area contributed by atoms with Crippen molar-refractivity contribution in [3.05, 3.63) is 29.3 Å². The smallest absolute Gasteiger partial charge is 0.260 e. The maximum Gasteiger partial charge on any atom is 0.260 e. The maximum atomic E-state index is 12.7. The number of benzene rings is 1. The summed E-state index contributed by atoms with van der Waals surface area (Å²) in [7, 11) is 0. The van der Waals surface area contributed by atoms with Crippen LogP contribution >= 0.6 is 11.6 Å². The molecular weight excluding hydrogens is 376 g/mol. The Bertz CT molecular complexity index is 680. The van der Waals surface area contributed by atoms with Crippen molar-refractivity contribution < 1.29 is 14.3 Å². The summed E-state index contributed by atoms with van der Waals surface area (Å²) in [5.74, 6) is 0.714. The molecule has 1 amide bonds. The van der Waals surface area contributed by atoms with Crippen LogP contribution in [0.3, 0.4) is 0 Å². The molecule has 0 unspecified atom stereocenters. The minimum Gasteiger partial charge on any atom is -0.484 e. The van der Waals surface area contributed by atoms with Crippen LogP contribution in [0.15, 0.2) is 24.3 Å². The molecule has 0 radical (unpaired) electrons. The lowest BCUT2D eigenvalue weighted by Gasteiger charge is -2.39. The Balaban J connectivity index is 1.31. The lowest BCUT2D eigenvalue weighted by molar-refractivity contribution is -0.133. The van der Waals surface area contributed by atoms with Crippen LogP contribution in [0.1, 0.15) is 44.9 Å². The minimum atomic E-state index is 0.0701. The van der Waals surface area contributed by atoms with Crippen LogP contribution in [0.25, 0.3) is 0 Å². The topological polar surface area (TPSA) is 42.0 Å². The second-order valence-electron chi connectivity index (χ2n) is 8.39. The first-order valence-electron chi connectivity index (χ1n) is 10.7. The highest BCUT2D eigenvalue weighted by atomic mass is 35.5. The number of hydrogen-bond acceptors (Lipinski definition) is 4. The molecular formula is C22H31ClN2O3. The maximum absolute atomic E-state index is 12.7. The van der Waals surface area contributed by atoms with Crippen molar-refractivity contribution in [1.82, 2.24) is 9.80 Å². The number of halogens is 1. The zero-order chi connectivity index (χ0) is 19.4. The number of rotatable bonds is 5. The molecule has 28 heavy (non-hydrogen) atoms. The Morgan fingerprint density at radius 3 is 2.82 bits per heavy atom. The van der Waals surface area contributed by atoms with Gasteiger partial charge >= 0.3 is 0 Å².